The van der Waals surface area contributed by atoms with Crippen LogP contribution in [0.25, 0.3) is 0 Å². The summed E-state index contributed by atoms with van der Waals surface area (Å²) in [4.78, 5) is 2.20. The zero-order chi connectivity index (χ0) is 11.6. The Bertz CT molecular complexity index is 173. The molecule has 0 aromatic rings. The predicted molar refractivity (Wildman–Crippen MR) is 61.2 cm³/mol. The molecule has 0 saturated carbocycles. The van der Waals surface area contributed by atoms with E-state index in [-0.39, 0.29) is 12.0 Å². The van der Waals surface area contributed by atoms with E-state index in [9.17, 15) is 0 Å². The van der Waals surface area contributed by atoms with Gasteiger partial charge in [-0.3, -0.25) is 0 Å². The summed E-state index contributed by atoms with van der Waals surface area (Å²) in [6.07, 6.45) is 0. The normalized spacial score (nSPS) is 19.5. The van der Waals surface area contributed by atoms with Crippen LogP contribution in [0.2, 0.25) is 0 Å². The Kier molecular flexibility index (Phi) is 4.56. The second-order valence-electron chi connectivity index (χ2n) is 5.77. The maximum atomic E-state index is 9.08. The molecule has 2 unspecified atom stereocenters. The molecule has 0 aliphatic carbocycles. The molecule has 0 spiro atoms. The molecule has 0 aromatic carbocycles. The number of likely N-dealkylation sites (N-methyl/N-ethyl adjacent to an activating group) is 1. The van der Waals surface area contributed by atoms with Crippen LogP contribution in [-0.2, 0) is 0 Å². The van der Waals surface area contributed by atoms with Gasteiger partial charge in [-0.1, -0.05) is 20.8 Å². The van der Waals surface area contributed by atoms with E-state index in [2.05, 4.69) is 39.6 Å². The molecular formula is C11H26N2O. The summed E-state index contributed by atoms with van der Waals surface area (Å²) in [6, 6.07) is 0.442. The zero-order valence-electron chi connectivity index (χ0n) is 10.5. The fraction of sp³-hybridized carbons (Fsp3) is 1.00. The van der Waals surface area contributed by atoms with Gasteiger partial charge in [0.05, 0.1) is 6.61 Å². The van der Waals surface area contributed by atoms with Gasteiger partial charge in [0.25, 0.3) is 0 Å². The number of aliphatic hydroxyl groups excluding tert-OH is 1. The SMILES string of the molecule is CC(N(C)CC(C)(N)CO)C(C)(C)C. The van der Waals surface area contributed by atoms with Gasteiger partial charge in [0.1, 0.15) is 0 Å². The first-order chi connectivity index (χ1) is 6.10. The summed E-state index contributed by atoms with van der Waals surface area (Å²) in [5, 5.41) is 9.08. The van der Waals surface area contributed by atoms with Crippen molar-refractivity contribution in [3.05, 3.63) is 0 Å². The predicted octanol–water partition coefficient (Wildman–Crippen LogP) is 1.06. The molecule has 0 bridgehead atoms. The summed E-state index contributed by atoms with van der Waals surface area (Å²) < 4.78 is 0. The number of nitrogens with two attached hydrogens (primary N) is 1. The fourth-order valence-corrected chi connectivity index (χ4v) is 1.42. The summed E-state index contributed by atoms with van der Waals surface area (Å²) in [5.41, 5.74) is 5.64. The molecule has 14 heavy (non-hydrogen) atoms. The van der Waals surface area contributed by atoms with Gasteiger partial charge < -0.3 is 15.7 Å². The Morgan fingerprint density at radius 1 is 1.29 bits per heavy atom. The molecule has 0 aliphatic heterocycles. The average Bonchev–Trinajstić information content (AvgIpc) is 2.00. The highest BCUT2D eigenvalue weighted by Gasteiger charge is 2.28. The van der Waals surface area contributed by atoms with E-state index in [1.54, 1.807) is 0 Å². The van der Waals surface area contributed by atoms with Crippen molar-refractivity contribution >= 4 is 0 Å². The molecule has 0 saturated heterocycles. The van der Waals surface area contributed by atoms with E-state index in [4.69, 9.17) is 10.8 Å². The van der Waals surface area contributed by atoms with Crippen LogP contribution in [0.5, 0.6) is 0 Å². The number of nitrogens with zero attached hydrogens (tertiary/aromatic N) is 1. The van der Waals surface area contributed by atoms with Crippen LogP contribution >= 0.6 is 0 Å². The Balaban J connectivity index is 4.28. The van der Waals surface area contributed by atoms with Crippen molar-refractivity contribution in [2.24, 2.45) is 11.1 Å². The van der Waals surface area contributed by atoms with Gasteiger partial charge in [-0.25, -0.2) is 0 Å². The maximum absolute atomic E-state index is 9.08. The highest BCUT2D eigenvalue weighted by Crippen LogP contribution is 2.23. The third-order valence-corrected chi connectivity index (χ3v) is 2.89. The second-order valence-corrected chi connectivity index (χ2v) is 5.77. The quantitative estimate of drug-likeness (QED) is 0.717. The lowest BCUT2D eigenvalue weighted by atomic mass is 9.86. The fourth-order valence-electron chi connectivity index (χ4n) is 1.42. The van der Waals surface area contributed by atoms with Crippen molar-refractivity contribution in [3.8, 4) is 0 Å². The Morgan fingerprint density at radius 3 is 2.00 bits per heavy atom. The van der Waals surface area contributed by atoms with E-state index >= 15 is 0 Å². The monoisotopic (exact) mass is 202 g/mol. The number of hydrogen-bond donors (Lipinski definition) is 2. The number of aliphatic hydroxyl groups is 1. The first-order valence-electron chi connectivity index (χ1n) is 5.20. The topological polar surface area (TPSA) is 49.5 Å². The molecule has 3 nitrogen and oxygen atoms in total. The van der Waals surface area contributed by atoms with E-state index in [0.29, 0.717) is 12.6 Å². The minimum Gasteiger partial charge on any atom is -0.394 e. The van der Waals surface area contributed by atoms with E-state index in [1.807, 2.05) is 6.92 Å². The summed E-state index contributed by atoms with van der Waals surface area (Å²) in [6.45, 7) is 11.4. The van der Waals surface area contributed by atoms with Crippen LogP contribution in [0.4, 0.5) is 0 Å². The number of hydrogen-bond acceptors (Lipinski definition) is 3. The van der Waals surface area contributed by atoms with Gasteiger partial charge in [-0.05, 0) is 26.3 Å². The molecule has 0 radical (unpaired) electrons. The second kappa shape index (κ2) is 4.60. The molecule has 0 fully saturated rings. The molecule has 2 atom stereocenters. The van der Waals surface area contributed by atoms with Crippen molar-refractivity contribution in [1.29, 1.82) is 0 Å². The molecule has 0 aromatic heterocycles. The summed E-state index contributed by atoms with van der Waals surface area (Å²) >= 11 is 0. The van der Waals surface area contributed by atoms with Crippen LogP contribution in [0.1, 0.15) is 34.6 Å². The number of rotatable bonds is 4. The van der Waals surface area contributed by atoms with Gasteiger partial charge in [0.15, 0.2) is 0 Å². The van der Waals surface area contributed by atoms with Gasteiger partial charge in [0, 0.05) is 18.1 Å². The molecule has 0 rings (SSSR count). The van der Waals surface area contributed by atoms with Gasteiger partial charge >= 0.3 is 0 Å². The largest absolute Gasteiger partial charge is 0.394 e. The smallest absolute Gasteiger partial charge is 0.0621 e. The van der Waals surface area contributed by atoms with Crippen molar-refractivity contribution in [1.82, 2.24) is 4.90 Å². The summed E-state index contributed by atoms with van der Waals surface area (Å²) in [5.74, 6) is 0. The maximum Gasteiger partial charge on any atom is 0.0621 e. The van der Waals surface area contributed by atoms with E-state index in [1.165, 1.54) is 0 Å². The van der Waals surface area contributed by atoms with Gasteiger partial charge in [0.2, 0.25) is 0 Å². The first-order valence-corrected chi connectivity index (χ1v) is 5.20. The average molecular weight is 202 g/mol. The minimum atomic E-state index is -0.506. The van der Waals surface area contributed by atoms with E-state index in [0.717, 1.165) is 0 Å². The van der Waals surface area contributed by atoms with Crippen LogP contribution in [0.15, 0.2) is 0 Å². The molecule has 0 heterocycles. The highest BCUT2D eigenvalue weighted by atomic mass is 16.3. The van der Waals surface area contributed by atoms with Gasteiger partial charge in [-0.15, -0.1) is 0 Å². The van der Waals surface area contributed by atoms with Crippen LogP contribution in [0, 0.1) is 5.41 Å². The standard InChI is InChI=1S/C11H26N2O/c1-9(10(2,3)4)13(6)7-11(5,12)8-14/h9,14H,7-8,12H2,1-6H3. The molecule has 86 valence electrons. The molecule has 0 aliphatic rings. The van der Waals surface area contributed by atoms with Crippen molar-refractivity contribution in [2.45, 2.75) is 46.2 Å². The molecule has 0 amide bonds. The minimum absolute atomic E-state index is 0.0220. The van der Waals surface area contributed by atoms with Crippen molar-refractivity contribution in [2.75, 3.05) is 20.2 Å². The van der Waals surface area contributed by atoms with Crippen molar-refractivity contribution in [3.63, 3.8) is 0 Å². The Hall–Kier alpha value is -0.120. The van der Waals surface area contributed by atoms with Crippen LogP contribution in [-0.4, -0.2) is 41.8 Å². The van der Waals surface area contributed by atoms with Gasteiger partial charge in [-0.2, -0.15) is 0 Å². The lowest BCUT2D eigenvalue weighted by Crippen LogP contribution is -2.53. The lowest BCUT2D eigenvalue weighted by Gasteiger charge is -2.39. The lowest BCUT2D eigenvalue weighted by molar-refractivity contribution is 0.0941. The zero-order valence-corrected chi connectivity index (χ0v) is 10.5. The third-order valence-electron chi connectivity index (χ3n) is 2.89. The van der Waals surface area contributed by atoms with Crippen LogP contribution < -0.4 is 5.73 Å². The van der Waals surface area contributed by atoms with Crippen LogP contribution in [0.3, 0.4) is 0 Å². The first kappa shape index (κ1) is 13.9. The molecule has 3 heteroatoms. The highest BCUT2D eigenvalue weighted by molar-refractivity contribution is 4.85. The summed E-state index contributed by atoms with van der Waals surface area (Å²) in [7, 11) is 2.05. The third kappa shape index (κ3) is 4.40. The molecular weight excluding hydrogens is 176 g/mol. The van der Waals surface area contributed by atoms with Crippen molar-refractivity contribution < 1.29 is 5.11 Å². The Labute approximate surface area is 88.3 Å². The Morgan fingerprint density at radius 2 is 1.71 bits per heavy atom. The van der Waals surface area contributed by atoms with E-state index < -0.39 is 5.54 Å². The molecule has 3 N–H and O–H groups in total.